The summed E-state index contributed by atoms with van der Waals surface area (Å²) in [4.78, 5) is 12.7. The molecule has 1 N–H and O–H groups in total. The van der Waals surface area contributed by atoms with Crippen LogP contribution in [0.4, 0.5) is 5.69 Å². The Kier molecular flexibility index (Phi) is 6.02. The first-order valence-electron chi connectivity index (χ1n) is 9.43. The van der Waals surface area contributed by atoms with Gasteiger partial charge in [-0.05, 0) is 49.1 Å². The highest BCUT2D eigenvalue weighted by atomic mass is 32.2. The van der Waals surface area contributed by atoms with Crippen molar-refractivity contribution in [2.45, 2.75) is 33.2 Å². The molecule has 2 aromatic carbocycles. The quantitative estimate of drug-likeness (QED) is 0.747. The summed E-state index contributed by atoms with van der Waals surface area (Å²) >= 11 is 0. The first kappa shape index (κ1) is 21.0. The summed E-state index contributed by atoms with van der Waals surface area (Å²) in [6, 6.07) is 10.7. The monoisotopic (exact) mass is 418 g/mol. The molecular weight excluding hydrogens is 392 g/mol. The van der Waals surface area contributed by atoms with Gasteiger partial charge in [-0.25, -0.2) is 8.42 Å². The highest BCUT2D eigenvalue weighted by Crippen LogP contribution is 2.36. The number of hydrogen-bond acceptors (Lipinski definition) is 5. The number of ether oxygens (including phenoxy) is 2. The zero-order valence-electron chi connectivity index (χ0n) is 17.1. The summed E-state index contributed by atoms with van der Waals surface area (Å²) < 4.78 is 36.4. The van der Waals surface area contributed by atoms with Crippen LogP contribution in [0.25, 0.3) is 0 Å². The second-order valence-electron chi connectivity index (χ2n) is 7.18. The number of carbonyl (C=O) groups is 1. The highest BCUT2D eigenvalue weighted by Gasteiger charge is 2.25. The molecule has 0 unspecified atom stereocenters. The maximum atomic E-state index is 12.7. The molecule has 1 heterocycles. The zero-order chi connectivity index (χ0) is 21.2. The van der Waals surface area contributed by atoms with Crippen molar-refractivity contribution in [1.29, 1.82) is 0 Å². The third-order valence-corrected chi connectivity index (χ3v) is 6.15. The van der Waals surface area contributed by atoms with E-state index in [4.69, 9.17) is 9.47 Å². The van der Waals surface area contributed by atoms with Gasteiger partial charge in [-0.2, -0.15) is 0 Å². The summed E-state index contributed by atoms with van der Waals surface area (Å²) in [6.45, 7) is 5.81. The summed E-state index contributed by atoms with van der Waals surface area (Å²) in [5, 5.41) is 2.95. The second-order valence-corrected chi connectivity index (χ2v) is 9.09. The number of nitrogens with one attached hydrogen (secondary N) is 1. The maximum Gasteiger partial charge on any atom is 0.241 e. The van der Waals surface area contributed by atoms with Crippen LogP contribution in [0.15, 0.2) is 36.4 Å². The number of sulfonamides is 1. The average Bonchev–Trinajstić information content (AvgIpc) is 3.13. The van der Waals surface area contributed by atoms with Crippen LogP contribution >= 0.6 is 0 Å². The number of carbonyl (C=O) groups excluding carboxylic acids is 1. The third kappa shape index (κ3) is 4.82. The molecule has 0 bridgehead atoms. The van der Waals surface area contributed by atoms with E-state index in [-0.39, 0.29) is 25.3 Å². The van der Waals surface area contributed by atoms with Crippen molar-refractivity contribution in [3.05, 3.63) is 53.1 Å². The fourth-order valence-corrected chi connectivity index (χ4v) is 4.06. The van der Waals surface area contributed by atoms with Gasteiger partial charge in [-0.15, -0.1) is 0 Å². The Morgan fingerprint density at radius 3 is 2.48 bits per heavy atom. The molecule has 0 aliphatic carbocycles. The molecule has 156 valence electrons. The fourth-order valence-electron chi connectivity index (χ4n) is 3.21. The molecule has 8 heteroatoms. The molecule has 7 nitrogen and oxygen atoms in total. The van der Waals surface area contributed by atoms with Gasteiger partial charge >= 0.3 is 0 Å². The average molecular weight is 419 g/mol. The molecule has 0 aromatic heterocycles. The predicted molar refractivity (Wildman–Crippen MR) is 112 cm³/mol. The van der Waals surface area contributed by atoms with E-state index in [0.717, 1.165) is 21.7 Å². The smallest absolute Gasteiger partial charge is 0.241 e. The van der Waals surface area contributed by atoms with E-state index in [2.05, 4.69) is 11.4 Å². The van der Waals surface area contributed by atoms with E-state index in [1.807, 2.05) is 32.9 Å². The molecule has 0 saturated heterocycles. The summed E-state index contributed by atoms with van der Waals surface area (Å²) in [5.74, 6) is 0.628. The number of amides is 1. The Morgan fingerprint density at radius 2 is 1.83 bits per heavy atom. The lowest BCUT2D eigenvalue weighted by Crippen LogP contribution is -2.41. The molecule has 1 aliphatic rings. The van der Waals surface area contributed by atoms with E-state index in [1.54, 1.807) is 18.2 Å². The van der Waals surface area contributed by atoms with Crippen molar-refractivity contribution >= 4 is 21.6 Å². The number of anilines is 1. The number of hydrogen-bond donors (Lipinski definition) is 1. The van der Waals surface area contributed by atoms with Gasteiger partial charge in [0.1, 0.15) is 6.54 Å². The van der Waals surface area contributed by atoms with Gasteiger partial charge in [0.25, 0.3) is 0 Å². The van der Waals surface area contributed by atoms with Gasteiger partial charge in [-0.3, -0.25) is 9.10 Å². The Morgan fingerprint density at radius 1 is 1.10 bits per heavy atom. The lowest BCUT2D eigenvalue weighted by atomic mass is 9.99. The van der Waals surface area contributed by atoms with Gasteiger partial charge in [0.15, 0.2) is 11.5 Å². The van der Waals surface area contributed by atoms with E-state index >= 15 is 0 Å². The minimum atomic E-state index is -3.67. The number of benzene rings is 2. The zero-order valence-corrected chi connectivity index (χ0v) is 17.9. The van der Waals surface area contributed by atoms with Crippen LogP contribution in [0, 0.1) is 13.8 Å². The number of fused-ring (bicyclic) bond motifs is 1. The summed E-state index contributed by atoms with van der Waals surface area (Å²) in [7, 11) is -3.67. The van der Waals surface area contributed by atoms with Crippen LogP contribution in [0.5, 0.6) is 11.5 Å². The Hall–Kier alpha value is -2.74. The first-order valence-corrected chi connectivity index (χ1v) is 11.3. The molecule has 29 heavy (non-hydrogen) atoms. The molecule has 0 radical (unpaired) electrons. The topological polar surface area (TPSA) is 84.9 Å². The predicted octanol–water partition coefficient (Wildman–Crippen LogP) is 3.07. The van der Waals surface area contributed by atoms with Crippen molar-refractivity contribution in [3.63, 3.8) is 0 Å². The molecule has 1 aliphatic heterocycles. The number of rotatable bonds is 7. The van der Waals surface area contributed by atoms with E-state index in [0.29, 0.717) is 23.6 Å². The van der Waals surface area contributed by atoms with Crippen molar-refractivity contribution in [3.8, 4) is 11.5 Å². The fraction of sp³-hybridized carbons (Fsp3) is 0.381. The lowest BCUT2D eigenvalue weighted by molar-refractivity contribution is -0.120. The van der Waals surface area contributed by atoms with Crippen molar-refractivity contribution < 1.29 is 22.7 Å². The van der Waals surface area contributed by atoms with Crippen LogP contribution < -0.4 is 19.1 Å². The van der Waals surface area contributed by atoms with Gasteiger partial charge in [0, 0.05) is 6.07 Å². The van der Waals surface area contributed by atoms with Crippen LogP contribution in [-0.2, 0) is 14.8 Å². The van der Waals surface area contributed by atoms with Gasteiger partial charge in [0.2, 0.25) is 22.7 Å². The molecule has 0 saturated carbocycles. The van der Waals surface area contributed by atoms with Crippen molar-refractivity contribution in [2.24, 2.45) is 0 Å². The van der Waals surface area contributed by atoms with E-state index in [1.165, 1.54) is 5.56 Å². The molecule has 0 spiro atoms. The standard InChI is InChI=1S/C21H26N2O5S/c1-5-18(16-7-6-14(2)15(3)10-16)22-21(24)12-23(29(4,25)26)17-8-9-19-20(11-17)28-13-27-19/h6-11,18H,5,12-13H2,1-4H3,(H,22,24)/t18-/m1/s1. The Labute approximate surface area is 171 Å². The molecular formula is C21H26N2O5S. The minimum absolute atomic E-state index is 0.0896. The SMILES string of the molecule is CC[C@@H](NC(=O)CN(c1ccc2c(c1)OCO2)S(C)(=O)=O)c1ccc(C)c(C)c1. The van der Waals surface area contributed by atoms with Gasteiger partial charge in [0.05, 0.1) is 18.0 Å². The molecule has 1 atom stereocenters. The highest BCUT2D eigenvalue weighted by molar-refractivity contribution is 7.92. The first-order chi connectivity index (χ1) is 13.7. The Bertz CT molecular complexity index is 1020. The van der Waals surface area contributed by atoms with Gasteiger partial charge in [-0.1, -0.05) is 25.1 Å². The van der Waals surface area contributed by atoms with Crippen LogP contribution in [0.1, 0.15) is 36.1 Å². The van der Waals surface area contributed by atoms with E-state index < -0.39 is 10.0 Å². The van der Waals surface area contributed by atoms with Crippen LogP contribution in [0.3, 0.4) is 0 Å². The minimum Gasteiger partial charge on any atom is -0.454 e. The van der Waals surface area contributed by atoms with Crippen LogP contribution in [0.2, 0.25) is 0 Å². The lowest BCUT2D eigenvalue weighted by Gasteiger charge is -2.24. The second kappa shape index (κ2) is 8.32. The summed E-state index contributed by atoms with van der Waals surface area (Å²) in [6.07, 6.45) is 1.77. The normalized spacial score (nSPS) is 13.8. The largest absolute Gasteiger partial charge is 0.454 e. The third-order valence-electron chi connectivity index (χ3n) is 5.01. The van der Waals surface area contributed by atoms with Crippen LogP contribution in [-0.4, -0.2) is 33.9 Å². The Balaban J connectivity index is 1.78. The molecule has 0 fully saturated rings. The molecule has 1 amide bonds. The number of aryl methyl sites for hydroxylation is 2. The summed E-state index contributed by atoms with van der Waals surface area (Å²) in [5.41, 5.74) is 3.68. The van der Waals surface area contributed by atoms with E-state index in [9.17, 15) is 13.2 Å². The number of nitrogens with zero attached hydrogens (tertiary/aromatic N) is 1. The molecule has 2 aromatic rings. The van der Waals surface area contributed by atoms with Crippen molar-refractivity contribution in [1.82, 2.24) is 5.32 Å². The molecule has 3 rings (SSSR count). The maximum absolute atomic E-state index is 12.7. The van der Waals surface area contributed by atoms with Gasteiger partial charge < -0.3 is 14.8 Å². The van der Waals surface area contributed by atoms with Crippen molar-refractivity contribution in [2.75, 3.05) is 23.9 Å².